The van der Waals surface area contributed by atoms with Crippen LogP contribution in [-0.4, -0.2) is 35.0 Å². The summed E-state index contributed by atoms with van der Waals surface area (Å²) in [5.41, 5.74) is -0.947. The Kier molecular flexibility index (Phi) is 4.15. The number of hydrogen-bond donors (Lipinski definition) is 1. The van der Waals surface area contributed by atoms with Gasteiger partial charge in [-0.3, -0.25) is 9.59 Å². The van der Waals surface area contributed by atoms with Crippen LogP contribution in [0.1, 0.15) is 23.2 Å². The van der Waals surface area contributed by atoms with Crippen LogP contribution in [0.4, 0.5) is 17.6 Å². The Labute approximate surface area is 117 Å². The number of nitrogens with zero attached hydrogens (tertiary/aromatic N) is 1. The zero-order valence-corrected chi connectivity index (χ0v) is 10.7. The fourth-order valence-electron chi connectivity index (χ4n) is 2.26. The van der Waals surface area contributed by atoms with Crippen LogP contribution in [0.15, 0.2) is 6.07 Å². The summed E-state index contributed by atoms with van der Waals surface area (Å²) in [5.74, 6) is -10.5. The number of benzene rings is 1. The van der Waals surface area contributed by atoms with E-state index < -0.39 is 46.6 Å². The van der Waals surface area contributed by atoms with Gasteiger partial charge in [-0.2, -0.15) is 0 Å². The Morgan fingerprint density at radius 2 is 1.81 bits per heavy atom. The third-order valence-electron chi connectivity index (χ3n) is 3.39. The average molecular weight is 305 g/mol. The zero-order chi connectivity index (χ0) is 15.7. The van der Waals surface area contributed by atoms with Crippen molar-refractivity contribution in [3.8, 4) is 0 Å². The largest absolute Gasteiger partial charge is 0.481 e. The highest BCUT2D eigenvalue weighted by Crippen LogP contribution is 2.23. The number of carboxylic acids is 1. The molecule has 1 heterocycles. The fraction of sp³-hybridized carbons (Fsp3) is 0.385. The van der Waals surface area contributed by atoms with Gasteiger partial charge in [-0.1, -0.05) is 0 Å². The van der Waals surface area contributed by atoms with Crippen LogP contribution >= 0.6 is 0 Å². The first kappa shape index (κ1) is 15.3. The Bertz CT molecular complexity index is 606. The average Bonchev–Trinajstić information content (AvgIpc) is 2.48. The minimum Gasteiger partial charge on any atom is -0.481 e. The number of likely N-dealkylation sites (tertiary alicyclic amines) is 1. The van der Waals surface area contributed by atoms with Crippen molar-refractivity contribution >= 4 is 11.9 Å². The van der Waals surface area contributed by atoms with Gasteiger partial charge in [0, 0.05) is 13.1 Å². The standard InChI is InChI=1S/C13H11F4NO3/c14-8-4-7(9(15)11(17)10(8)16)12(19)18-3-1-2-6(5-18)13(20)21/h4,6H,1-3,5H2,(H,20,21)/t6-/m1/s1. The predicted octanol–water partition coefficient (Wildman–Crippen LogP) is 2.18. The molecule has 1 atom stereocenters. The predicted molar refractivity (Wildman–Crippen MR) is 62.5 cm³/mol. The first-order chi connectivity index (χ1) is 9.82. The van der Waals surface area contributed by atoms with Crippen LogP contribution < -0.4 is 0 Å². The fourth-order valence-corrected chi connectivity index (χ4v) is 2.26. The minimum absolute atomic E-state index is 0.142. The van der Waals surface area contributed by atoms with E-state index in [9.17, 15) is 27.2 Å². The highest BCUT2D eigenvalue weighted by molar-refractivity contribution is 5.95. The number of carboxylic acid groups (broad SMARTS) is 1. The molecule has 1 aromatic rings. The molecule has 21 heavy (non-hydrogen) atoms. The van der Waals surface area contributed by atoms with Gasteiger partial charge in [0.2, 0.25) is 0 Å². The molecule has 0 radical (unpaired) electrons. The minimum atomic E-state index is -2.06. The van der Waals surface area contributed by atoms with E-state index >= 15 is 0 Å². The molecule has 0 aliphatic carbocycles. The molecule has 0 saturated carbocycles. The van der Waals surface area contributed by atoms with Crippen molar-refractivity contribution in [3.63, 3.8) is 0 Å². The summed E-state index contributed by atoms with van der Waals surface area (Å²) < 4.78 is 52.6. The molecule has 1 aromatic carbocycles. The van der Waals surface area contributed by atoms with E-state index in [4.69, 9.17) is 5.11 Å². The summed E-state index contributed by atoms with van der Waals surface area (Å²) in [6.07, 6.45) is 0.726. The highest BCUT2D eigenvalue weighted by Gasteiger charge is 2.31. The Hall–Kier alpha value is -2.12. The Morgan fingerprint density at radius 1 is 1.14 bits per heavy atom. The van der Waals surface area contributed by atoms with Crippen molar-refractivity contribution in [1.82, 2.24) is 4.90 Å². The van der Waals surface area contributed by atoms with E-state index in [0.717, 1.165) is 4.90 Å². The summed E-state index contributed by atoms with van der Waals surface area (Å²) in [7, 11) is 0. The summed E-state index contributed by atoms with van der Waals surface area (Å²) >= 11 is 0. The maximum absolute atomic E-state index is 13.6. The smallest absolute Gasteiger partial charge is 0.308 e. The molecule has 0 unspecified atom stereocenters. The Morgan fingerprint density at radius 3 is 2.43 bits per heavy atom. The Balaban J connectivity index is 2.30. The number of carbonyl (C=O) groups is 2. The molecule has 0 bridgehead atoms. The number of rotatable bonds is 2. The lowest BCUT2D eigenvalue weighted by atomic mass is 9.97. The monoisotopic (exact) mass is 305 g/mol. The maximum Gasteiger partial charge on any atom is 0.308 e. The topological polar surface area (TPSA) is 57.6 Å². The van der Waals surface area contributed by atoms with Crippen LogP contribution in [0.25, 0.3) is 0 Å². The lowest BCUT2D eigenvalue weighted by Gasteiger charge is -2.30. The molecule has 114 valence electrons. The number of carbonyl (C=O) groups excluding carboxylic acids is 1. The van der Waals surface area contributed by atoms with Crippen LogP contribution in [0, 0.1) is 29.2 Å². The second kappa shape index (κ2) is 5.71. The quantitative estimate of drug-likeness (QED) is 0.517. The van der Waals surface area contributed by atoms with Crippen molar-refractivity contribution in [2.75, 3.05) is 13.1 Å². The van der Waals surface area contributed by atoms with Crippen molar-refractivity contribution in [3.05, 3.63) is 34.9 Å². The normalized spacial score (nSPS) is 18.7. The van der Waals surface area contributed by atoms with Gasteiger partial charge in [0.15, 0.2) is 23.3 Å². The van der Waals surface area contributed by atoms with Crippen molar-refractivity contribution in [1.29, 1.82) is 0 Å². The van der Waals surface area contributed by atoms with Crippen LogP contribution in [0.5, 0.6) is 0 Å². The third-order valence-corrected chi connectivity index (χ3v) is 3.39. The van der Waals surface area contributed by atoms with E-state index in [-0.39, 0.29) is 19.2 Å². The van der Waals surface area contributed by atoms with E-state index in [2.05, 4.69) is 0 Å². The molecule has 0 aromatic heterocycles. The number of aliphatic carboxylic acids is 1. The SMILES string of the molecule is O=C(O)[C@@H]1CCCN(C(=O)c2cc(F)c(F)c(F)c2F)C1. The van der Waals surface area contributed by atoms with Gasteiger partial charge in [0.25, 0.3) is 5.91 Å². The lowest BCUT2D eigenvalue weighted by Crippen LogP contribution is -2.42. The number of halogens is 4. The number of amides is 1. The van der Waals surface area contributed by atoms with E-state index in [0.29, 0.717) is 12.8 Å². The van der Waals surface area contributed by atoms with Gasteiger partial charge in [-0.15, -0.1) is 0 Å². The lowest BCUT2D eigenvalue weighted by molar-refractivity contribution is -0.143. The molecular formula is C13H11F4NO3. The van der Waals surface area contributed by atoms with Crippen LogP contribution in [0.2, 0.25) is 0 Å². The maximum atomic E-state index is 13.6. The first-order valence-corrected chi connectivity index (χ1v) is 6.18. The second-order valence-corrected chi connectivity index (χ2v) is 4.78. The van der Waals surface area contributed by atoms with Gasteiger partial charge >= 0.3 is 5.97 Å². The molecule has 1 amide bonds. The number of hydrogen-bond acceptors (Lipinski definition) is 2. The molecular weight excluding hydrogens is 294 g/mol. The van der Waals surface area contributed by atoms with Gasteiger partial charge in [0.05, 0.1) is 11.5 Å². The molecule has 1 aliphatic heterocycles. The van der Waals surface area contributed by atoms with Gasteiger partial charge < -0.3 is 10.0 Å². The molecule has 1 aliphatic rings. The molecule has 1 saturated heterocycles. The third kappa shape index (κ3) is 2.84. The number of piperidine rings is 1. The summed E-state index contributed by atoms with van der Waals surface area (Å²) in [4.78, 5) is 23.9. The van der Waals surface area contributed by atoms with E-state index in [1.165, 1.54) is 0 Å². The summed E-state index contributed by atoms with van der Waals surface area (Å²) in [6.45, 7) is -0.0448. The van der Waals surface area contributed by atoms with Crippen molar-refractivity contribution < 1.29 is 32.3 Å². The zero-order valence-electron chi connectivity index (χ0n) is 10.7. The van der Waals surface area contributed by atoms with Gasteiger partial charge in [0.1, 0.15) is 0 Å². The summed E-state index contributed by atoms with van der Waals surface area (Å²) in [6, 6.07) is 0.278. The second-order valence-electron chi connectivity index (χ2n) is 4.78. The molecule has 4 nitrogen and oxygen atoms in total. The first-order valence-electron chi connectivity index (χ1n) is 6.18. The molecule has 8 heteroatoms. The highest BCUT2D eigenvalue weighted by atomic mass is 19.2. The molecule has 1 fully saturated rings. The van der Waals surface area contributed by atoms with Crippen molar-refractivity contribution in [2.45, 2.75) is 12.8 Å². The summed E-state index contributed by atoms with van der Waals surface area (Å²) in [5, 5.41) is 8.91. The molecule has 1 N–H and O–H groups in total. The van der Waals surface area contributed by atoms with E-state index in [1.54, 1.807) is 0 Å². The van der Waals surface area contributed by atoms with E-state index in [1.807, 2.05) is 0 Å². The van der Waals surface area contributed by atoms with Crippen LogP contribution in [0.3, 0.4) is 0 Å². The van der Waals surface area contributed by atoms with Gasteiger partial charge in [-0.05, 0) is 18.9 Å². The van der Waals surface area contributed by atoms with Crippen molar-refractivity contribution in [2.24, 2.45) is 5.92 Å². The van der Waals surface area contributed by atoms with Gasteiger partial charge in [-0.25, -0.2) is 17.6 Å². The molecule has 0 spiro atoms. The van der Waals surface area contributed by atoms with Crippen LogP contribution in [-0.2, 0) is 4.79 Å². The molecule has 2 rings (SSSR count).